The fourth-order valence-electron chi connectivity index (χ4n) is 1.57. The van der Waals surface area contributed by atoms with Crippen LogP contribution in [0.5, 0.6) is 0 Å². The van der Waals surface area contributed by atoms with E-state index in [1.54, 1.807) is 6.07 Å². The Hall–Kier alpha value is -1.26. The van der Waals surface area contributed by atoms with Crippen LogP contribution in [0.25, 0.3) is 0 Å². The highest BCUT2D eigenvalue weighted by molar-refractivity contribution is 7.85. The predicted octanol–water partition coefficient (Wildman–Crippen LogP) is 3.36. The molecule has 2 rings (SSSR count). The standard InChI is InChI=1S/C14H14O2S2/c1-10-5-6-12(8-11(10)2)18(16)9-13(15)14-4-3-7-17-14/h3-8H,9H2,1-2H3. The van der Waals surface area contributed by atoms with Crippen LogP contribution in [0, 0.1) is 13.8 Å². The van der Waals surface area contributed by atoms with E-state index < -0.39 is 10.8 Å². The van der Waals surface area contributed by atoms with Crippen molar-refractivity contribution in [3.05, 3.63) is 51.7 Å². The van der Waals surface area contributed by atoms with Crippen LogP contribution in [-0.2, 0) is 10.8 Å². The molecule has 0 aliphatic rings. The zero-order valence-corrected chi connectivity index (χ0v) is 11.9. The molecule has 0 N–H and O–H groups in total. The van der Waals surface area contributed by atoms with Crippen LogP contribution in [0.4, 0.5) is 0 Å². The van der Waals surface area contributed by atoms with E-state index in [1.807, 2.05) is 43.5 Å². The Balaban J connectivity index is 2.12. The number of hydrogen-bond acceptors (Lipinski definition) is 3. The molecule has 1 heterocycles. The summed E-state index contributed by atoms with van der Waals surface area (Å²) >= 11 is 1.39. The monoisotopic (exact) mass is 278 g/mol. The molecule has 0 spiro atoms. The average Bonchev–Trinajstić information content (AvgIpc) is 2.86. The molecular weight excluding hydrogens is 264 g/mol. The molecule has 0 bridgehead atoms. The lowest BCUT2D eigenvalue weighted by atomic mass is 10.1. The van der Waals surface area contributed by atoms with Crippen LogP contribution in [0.2, 0.25) is 0 Å². The lowest BCUT2D eigenvalue weighted by molar-refractivity contribution is 0.102. The fraction of sp³-hybridized carbons (Fsp3) is 0.214. The first kappa shape index (κ1) is 13.2. The lowest BCUT2D eigenvalue weighted by Crippen LogP contribution is -2.09. The normalized spacial score (nSPS) is 12.3. The van der Waals surface area contributed by atoms with Crippen molar-refractivity contribution in [3.8, 4) is 0 Å². The van der Waals surface area contributed by atoms with Gasteiger partial charge in [0.2, 0.25) is 0 Å². The van der Waals surface area contributed by atoms with Gasteiger partial charge in [-0.3, -0.25) is 9.00 Å². The Morgan fingerprint density at radius 2 is 2.00 bits per heavy atom. The van der Waals surface area contributed by atoms with Crippen LogP contribution >= 0.6 is 11.3 Å². The van der Waals surface area contributed by atoms with Gasteiger partial charge in [0.25, 0.3) is 0 Å². The maximum absolute atomic E-state index is 12.1. The molecule has 1 unspecified atom stereocenters. The summed E-state index contributed by atoms with van der Waals surface area (Å²) in [5, 5.41) is 1.85. The molecule has 4 heteroatoms. The average molecular weight is 278 g/mol. The van der Waals surface area contributed by atoms with Crippen molar-refractivity contribution in [1.82, 2.24) is 0 Å². The molecule has 1 atom stereocenters. The van der Waals surface area contributed by atoms with E-state index in [2.05, 4.69) is 0 Å². The fourth-order valence-corrected chi connectivity index (χ4v) is 3.41. The molecule has 0 radical (unpaired) electrons. The third kappa shape index (κ3) is 2.94. The van der Waals surface area contributed by atoms with E-state index >= 15 is 0 Å². The summed E-state index contributed by atoms with van der Waals surface area (Å²) in [7, 11) is -1.26. The van der Waals surface area contributed by atoms with E-state index in [0.29, 0.717) is 4.88 Å². The maximum Gasteiger partial charge on any atom is 0.185 e. The summed E-state index contributed by atoms with van der Waals surface area (Å²) in [6, 6.07) is 9.27. The van der Waals surface area contributed by atoms with E-state index in [1.165, 1.54) is 16.9 Å². The van der Waals surface area contributed by atoms with Crippen LogP contribution in [-0.4, -0.2) is 15.7 Å². The first-order chi connectivity index (χ1) is 8.58. The SMILES string of the molecule is Cc1ccc(S(=O)CC(=O)c2cccs2)cc1C. The summed E-state index contributed by atoms with van der Waals surface area (Å²) < 4.78 is 12.1. The van der Waals surface area contributed by atoms with Gasteiger partial charge in [-0.05, 0) is 48.6 Å². The van der Waals surface area contributed by atoms with Gasteiger partial charge in [0.05, 0.1) is 21.4 Å². The van der Waals surface area contributed by atoms with E-state index in [9.17, 15) is 9.00 Å². The van der Waals surface area contributed by atoms with E-state index in [-0.39, 0.29) is 11.5 Å². The van der Waals surface area contributed by atoms with Crippen molar-refractivity contribution in [2.45, 2.75) is 18.7 Å². The zero-order valence-electron chi connectivity index (χ0n) is 10.3. The van der Waals surface area contributed by atoms with Crippen molar-refractivity contribution in [2.75, 3.05) is 5.75 Å². The topological polar surface area (TPSA) is 34.1 Å². The third-order valence-corrected chi connectivity index (χ3v) is 5.01. The summed E-state index contributed by atoms with van der Waals surface area (Å²) in [6.07, 6.45) is 0. The molecule has 0 saturated heterocycles. The number of Topliss-reactive ketones (excluding diaryl/α,β-unsaturated/α-hetero) is 1. The van der Waals surface area contributed by atoms with Gasteiger partial charge in [-0.15, -0.1) is 11.3 Å². The van der Waals surface area contributed by atoms with Crippen molar-refractivity contribution < 1.29 is 9.00 Å². The molecule has 2 nitrogen and oxygen atoms in total. The predicted molar refractivity (Wildman–Crippen MR) is 75.8 cm³/mol. The van der Waals surface area contributed by atoms with Gasteiger partial charge in [0.1, 0.15) is 0 Å². The molecule has 0 aliphatic heterocycles. The molecule has 2 aromatic rings. The highest BCUT2D eigenvalue weighted by atomic mass is 32.2. The first-order valence-electron chi connectivity index (χ1n) is 5.60. The molecule has 94 valence electrons. The minimum Gasteiger partial charge on any atom is -0.292 e. The Morgan fingerprint density at radius 1 is 1.22 bits per heavy atom. The molecule has 18 heavy (non-hydrogen) atoms. The van der Waals surface area contributed by atoms with Gasteiger partial charge in [-0.25, -0.2) is 0 Å². The summed E-state index contributed by atoms with van der Waals surface area (Å²) in [4.78, 5) is 13.3. The smallest absolute Gasteiger partial charge is 0.185 e. The second-order valence-corrected chi connectivity index (χ2v) is 6.54. The number of rotatable bonds is 4. The number of thiophene rings is 1. The lowest BCUT2D eigenvalue weighted by Gasteiger charge is -2.04. The van der Waals surface area contributed by atoms with Crippen molar-refractivity contribution in [1.29, 1.82) is 0 Å². The molecule has 1 aromatic carbocycles. The number of carbonyl (C=O) groups excluding carboxylic acids is 1. The van der Waals surface area contributed by atoms with Gasteiger partial charge in [0, 0.05) is 4.90 Å². The number of benzene rings is 1. The Labute approximate surface area is 113 Å². The van der Waals surface area contributed by atoms with Crippen molar-refractivity contribution in [3.63, 3.8) is 0 Å². The summed E-state index contributed by atoms with van der Waals surface area (Å²) in [5.41, 5.74) is 2.27. The highest BCUT2D eigenvalue weighted by Gasteiger charge is 2.13. The van der Waals surface area contributed by atoms with Crippen LogP contribution in [0.3, 0.4) is 0 Å². The summed E-state index contributed by atoms with van der Waals surface area (Å²) in [5.74, 6) is 0.00444. The number of aryl methyl sites for hydroxylation is 2. The van der Waals surface area contributed by atoms with E-state index in [0.717, 1.165) is 10.5 Å². The first-order valence-corrected chi connectivity index (χ1v) is 7.80. The van der Waals surface area contributed by atoms with Crippen molar-refractivity contribution >= 4 is 27.9 Å². The van der Waals surface area contributed by atoms with Crippen LogP contribution < -0.4 is 0 Å². The maximum atomic E-state index is 12.1. The molecule has 0 amide bonds. The quantitative estimate of drug-likeness (QED) is 0.804. The molecule has 1 aromatic heterocycles. The zero-order chi connectivity index (χ0) is 13.1. The minimum absolute atomic E-state index is 0.0541. The van der Waals surface area contributed by atoms with Crippen molar-refractivity contribution in [2.24, 2.45) is 0 Å². The Bertz CT molecular complexity index is 586. The molecular formula is C14H14O2S2. The summed E-state index contributed by atoms with van der Waals surface area (Å²) in [6.45, 7) is 4.00. The number of hydrogen-bond donors (Lipinski definition) is 0. The van der Waals surface area contributed by atoms with E-state index in [4.69, 9.17) is 0 Å². The third-order valence-electron chi connectivity index (χ3n) is 2.80. The minimum atomic E-state index is -1.26. The van der Waals surface area contributed by atoms with Gasteiger partial charge in [-0.1, -0.05) is 12.1 Å². The Kier molecular flexibility index (Phi) is 4.09. The molecule has 0 aliphatic carbocycles. The molecule has 0 saturated carbocycles. The molecule has 0 fully saturated rings. The van der Waals surface area contributed by atoms with Gasteiger partial charge in [0.15, 0.2) is 5.78 Å². The highest BCUT2D eigenvalue weighted by Crippen LogP contribution is 2.16. The second-order valence-electron chi connectivity index (χ2n) is 4.14. The second kappa shape index (κ2) is 5.59. The van der Waals surface area contributed by atoms with Gasteiger partial charge >= 0.3 is 0 Å². The largest absolute Gasteiger partial charge is 0.292 e. The van der Waals surface area contributed by atoms with Crippen LogP contribution in [0.1, 0.15) is 20.8 Å². The number of ketones is 1. The van der Waals surface area contributed by atoms with Gasteiger partial charge in [-0.2, -0.15) is 0 Å². The van der Waals surface area contributed by atoms with Crippen LogP contribution in [0.15, 0.2) is 40.6 Å². The number of carbonyl (C=O) groups is 1. The Morgan fingerprint density at radius 3 is 2.61 bits per heavy atom. The van der Waals surface area contributed by atoms with Gasteiger partial charge < -0.3 is 0 Å².